The van der Waals surface area contributed by atoms with Gasteiger partial charge in [0.05, 0.1) is 25.8 Å². The summed E-state index contributed by atoms with van der Waals surface area (Å²) in [6.45, 7) is 0. The maximum Gasteiger partial charge on any atom is 0.255 e. The Labute approximate surface area is 176 Å². The SMILES string of the molecule is CS(=O)(=O)c1cc(C(=O)Nc2ccccc2-c2nc3ccccc3s2)ccc1Cl. The van der Waals surface area contributed by atoms with Crippen molar-refractivity contribution < 1.29 is 13.2 Å². The fourth-order valence-electron chi connectivity index (χ4n) is 2.89. The molecule has 1 heterocycles. The van der Waals surface area contributed by atoms with Gasteiger partial charge in [0.2, 0.25) is 0 Å². The van der Waals surface area contributed by atoms with Gasteiger partial charge < -0.3 is 5.32 Å². The number of carbonyl (C=O) groups is 1. The molecule has 3 aromatic carbocycles. The Morgan fingerprint density at radius 3 is 2.52 bits per heavy atom. The van der Waals surface area contributed by atoms with E-state index >= 15 is 0 Å². The molecule has 8 heteroatoms. The van der Waals surface area contributed by atoms with Crippen molar-refractivity contribution in [2.75, 3.05) is 11.6 Å². The van der Waals surface area contributed by atoms with Gasteiger partial charge in [-0.05, 0) is 42.5 Å². The van der Waals surface area contributed by atoms with Crippen molar-refractivity contribution in [1.29, 1.82) is 0 Å². The maximum atomic E-state index is 12.8. The third-order valence-electron chi connectivity index (χ3n) is 4.29. The summed E-state index contributed by atoms with van der Waals surface area (Å²) in [4.78, 5) is 17.4. The highest BCUT2D eigenvalue weighted by molar-refractivity contribution is 7.90. The second kappa shape index (κ2) is 7.59. The molecule has 0 spiro atoms. The number of nitrogens with one attached hydrogen (secondary N) is 1. The summed E-state index contributed by atoms with van der Waals surface area (Å²) < 4.78 is 24.8. The van der Waals surface area contributed by atoms with Crippen molar-refractivity contribution in [3.63, 3.8) is 0 Å². The van der Waals surface area contributed by atoms with Crippen LogP contribution < -0.4 is 5.32 Å². The summed E-state index contributed by atoms with van der Waals surface area (Å²) in [7, 11) is -3.55. The van der Waals surface area contributed by atoms with Gasteiger partial charge >= 0.3 is 0 Å². The largest absolute Gasteiger partial charge is 0.321 e. The zero-order valence-corrected chi connectivity index (χ0v) is 17.6. The summed E-state index contributed by atoms with van der Waals surface area (Å²) in [6.07, 6.45) is 1.05. The van der Waals surface area contributed by atoms with Gasteiger partial charge in [0.1, 0.15) is 5.01 Å². The number of hydrogen-bond donors (Lipinski definition) is 1. The number of carbonyl (C=O) groups excluding carboxylic acids is 1. The molecule has 1 N–H and O–H groups in total. The predicted octanol–water partition coefficient (Wildman–Crippen LogP) is 5.27. The first-order chi connectivity index (χ1) is 13.8. The third kappa shape index (κ3) is 4.03. The minimum absolute atomic E-state index is 0.0775. The number of nitrogens with zero attached hydrogens (tertiary/aromatic N) is 1. The number of amides is 1. The molecule has 5 nitrogen and oxygen atoms in total. The van der Waals surface area contributed by atoms with Crippen LogP contribution in [0.15, 0.2) is 71.6 Å². The molecule has 0 aliphatic carbocycles. The van der Waals surface area contributed by atoms with E-state index in [-0.39, 0.29) is 15.5 Å². The van der Waals surface area contributed by atoms with Crippen LogP contribution >= 0.6 is 22.9 Å². The number of hydrogen-bond acceptors (Lipinski definition) is 5. The number of sulfone groups is 1. The summed E-state index contributed by atoms with van der Waals surface area (Å²) in [5, 5.41) is 3.73. The number of halogens is 1. The molecule has 0 saturated heterocycles. The molecule has 29 heavy (non-hydrogen) atoms. The van der Waals surface area contributed by atoms with Gasteiger partial charge in [0.15, 0.2) is 9.84 Å². The lowest BCUT2D eigenvalue weighted by Gasteiger charge is -2.10. The highest BCUT2D eigenvalue weighted by Crippen LogP contribution is 2.34. The van der Waals surface area contributed by atoms with Crippen molar-refractivity contribution in [2.45, 2.75) is 4.90 Å². The lowest BCUT2D eigenvalue weighted by Crippen LogP contribution is -2.13. The first kappa shape index (κ1) is 19.6. The van der Waals surface area contributed by atoms with Gasteiger partial charge in [0, 0.05) is 17.4 Å². The Kier molecular flexibility index (Phi) is 5.12. The fourth-order valence-corrected chi connectivity index (χ4v) is 5.20. The van der Waals surface area contributed by atoms with Gasteiger partial charge in [0.25, 0.3) is 5.91 Å². The van der Waals surface area contributed by atoms with Crippen molar-refractivity contribution in [1.82, 2.24) is 4.98 Å². The Hall–Kier alpha value is -2.74. The van der Waals surface area contributed by atoms with E-state index in [4.69, 9.17) is 11.6 Å². The third-order valence-corrected chi connectivity index (χ3v) is 6.94. The summed E-state index contributed by atoms with van der Waals surface area (Å²) in [5.41, 5.74) is 2.48. The van der Waals surface area contributed by atoms with Gasteiger partial charge in [-0.2, -0.15) is 0 Å². The average Bonchev–Trinajstić information content (AvgIpc) is 3.11. The van der Waals surface area contributed by atoms with Crippen LogP contribution in [0.4, 0.5) is 5.69 Å². The molecule has 146 valence electrons. The fraction of sp³-hybridized carbons (Fsp3) is 0.0476. The number of thiazole rings is 1. The number of aromatic nitrogens is 1. The molecular formula is C21H15ClN2O3S2. The number of benzene rings is 3. The van der Waals surface area contributed by atoms with Crippen LogP contribution in [0.1, 0.15) is 10.4 Å². The predicted molar refractivity (Wildman–Crippen MR) is 118 cm³/mol. The number of rotatable bonds is 4. The summed E-state index contributed by atoms with van der Waals surface area (Å²) in [6, 6.07) is 19.4. The molecule has 1 amide bonds. The topological polar surface area (TPSA) is 76.1 Å². The molecular weight excluding hydrogens is 428 g/mol. The second-order valence-corrected chi connectivity index (χ2v) is 9.83. The van der Waals surface area contributed by atoms with Crippen molar-refractivity contribution in [3.8, 4) is 10.6 Å². The molecule has 0 aliphatic heterocycles. The molecule has 0 saturated carbocycles. The molecule has 0 aliphatic rings. The van der Waals surface area contributed by atoms with Crippen LogP contribution in [0.3, 0.4) is 0 Å². The normalized spacial score (nSPS) is 11.5. The molecule has 0 fully saturated rings. The minimum atomic E-state index is -3.55. The standard InChI is InChI=1S/C21H15ClN2O3S2/c1-29(26,27)19-12-13(10-11-15(19)22)20(25)23-16-7-3-2-6-14(16)21-24-17-8-4-5-9-18(17)28-21/h2-12H,1H3,(H,23,25). The van der Waals surface area contributed by atoms with Crippen molar-refractivity contribution in [3.05, 3.63) is 77.3 Å². The molecule has 0 atom stereocenters. The monoisotopic (exact) mass is 442 g/mol. The molecule has 4 aromatic rings. The summed E-state index contributed by atoms with van der Waals surface area (Å²) in [5.74, 6) is -0.430. The quantitative estimate of drug-likeness (QED) is 0.467. The highest BCUT2D eigenvalue weighted by Gasteiger charge is 2.17. The van der Waals surface area contributed by atoms with Crippen molar-refractivity contribution >= 4 is 54.6 Å². The Morgan fingerprint density at radius 2 is 1.76 bits per heavy atom. The lowest BCUT2D eigenvalue weighted by molar-refractivity contribution is 0.102. The van der Waals surface area contributed by atoms with Gasteiger partial charge in [-0.25, -0.2) is 13.4 Å². The van der Waals surface area contributed by atoms with Crippen LogP contribution in [-0.4, -0.2) is 25.6 Å². The van der Waals surface area contributed by atoms with Crippen LogP contribution in [0.25, 0.3) is 20.8 Å². The van der Waals surface area contributed by atoms with Crippen LogP contribution in [-0.2, 0) is 9.84 Å². The molecule has 0 unspecified atom stereocenters. The van der Waals surface area contributed by atoms with E-state index < -0.39 is 15.7 Å². The Morgan fingerprint density at radius 1 is 1.03 bits per heavy atom. The second-order valence-electron chi connectivity index (χ2n) is 6.40. The minimum Gasteiger partial charge on any atom is -0.321 e. The smallest absolute Gasteiger partial charge is 0.255 e. The molecule has 1 aromatic heterocycles. The van der Waals surface area contributed by atoms with E-state index in [0.29, 0.717) is 5.69 Å². The van der Waals surface area contributed by atoms with E-state index in [1.165, 1.54) is 29.5 Å². The van der Waals surface area contributed by atoms with E-state index in [9.17, 15) is 13.2 Å². The Bertz CT molecular complexity index is 1310. The summed E-state index contributed by atoms with van der Waals surface area (Å²) >= 11 is 7.51. The van der Waals surface area contributed by atoms with Crippen LogP contribution in [0.5, 0.6) is 0 Å². The first-order valence-electron chi connectivity index (χ1n) is 8.59. The lowest BCUT2D eigenvalue weighted by atomic mass is 10.1. The van der Waals surface area contributed by atoms with E-state index in [1.54, 1.807) is 6.07 Å². The molecule has 4 rings (SSSR count). The van der Waals surface area contributed by atoms with Crippen molar-refractivity contribution in [2.24, 2.45) is 0 Å². The van der Waals surface area contributed by atoms with Gasteiger partial charge in [-0.1, -0.05) is 35.9 Å². The molecule has 0 radical (unpaired) electrons. The van der Waals surface area contributed by atoms with E-state index in [0.717, 1.165) is 27.0 Å². The highest BCUT2D eigenvalue weighted by atomic mass is 35.5. The zero-order valence-electron chi connectivity index (χ0n) is 15.2. The van der Waals surface area contributed by atoms with Gasteiger partial charge in [-0.15, -0.1) is 11.3 Å². The zero-order chi connectivity index (χ0) is 20.6. The van der Waals surface area contributed by atoms with Crippen LogP contribution in [0.2, 0.25) is 5.02 Å². The Balaban J connectivity index is 1.70. The average molecular weight is 443 g/mol. The number of fused-ring (bicyclic) bond motifs is 1. The number of para-hydroxylation sites is 2. The van der Waals surface area contributed by atoms with Gasteiger partial charge in [-0.3, -0.25) is 4.79 Å². The molecule has 0 bridgehead atoms. The van der Waals surface area contributed by atoms with Crippen LogP contribution in [0, 0.1) is 0 Å². The first-order valence-corrected chi connectivity index (χ1v) is 11.7. The van der Waals surface area contributed by atoms with E-state index in [2.05, 4.69) is 10.3 Å². The number of anilines is 1. The van der Waals surface area contributed by atoms with E-state index in [1.807, 2.05) is 42.5 Å². The maximum absolute atomic E-state index is 12.8.